The van der Waals surface area contributed by atoms with E-state index < -0.39 is 15.4 Å². The molecule has 0 radical (unpaired) electrons. The van der Waals surface area contributed by atoms with Gasteiger partial charge in [0.15, 0.2) is 0 Å². The molecule has 1 saturated carbocycles. The SMILES string of the molecule is CNC(=O)C(C)(C)c1cc(-c2cc(S(N)(=O)=O)c(C)n2CC2CCCCC2)cc(C(C)(C)C)c1. The number of hydrogen-bond acceptors (Lipinski definition) is 3. The third kappa shape index (κ3) is 5.41. The zero-order valence-corrected chi connectivity index (χ0v) is 22.6. The summed E-state index contributed by atoms with van der Waals surface area (Å²) in [6.45, 7) is 12.9. The average Bonchev–Trinajstić information content (AvgIpc) is 3.09. The molecule has 34 heavy (non-hydrogen) atoms. The summed E-state index contributed by atoms with van der Waals surface area (Å²) in [7, 11) is -2.21. The highest BCUT2D eigenvalue weighted by Gasteiger charge is 2.32. The number of hydrogen-bond donors (Lipinski definition) is 2. The molecule has 3 N–H and O–H groups in total. The monoisotopic (exact) mass is 487 g/mol. The number of primary sulfonamides is 1. The molecule has 0 unspecified atom stereocenters. The van der Waals surface area contributed by atoms with Crippen LogP contribution in [0.15, 0.2) is 29.2 Å². The molecule has 3 rings (SSSR count). The fourth-order valence-electron chi connectivity index (χ4n) is 5.02. The van der Waals surface area contributed by atoms with Crippen LogP contribution in [0.5, 0.6) is 0 Å². The van der Waals surface area contributed by atoms with E-state index in [1.807, 2.05) is 26.8 Å². The number of sulfonamides is 1. The van der Waals surface area contributed by atoms with Crippen molar-refractivity contribution in [3.63, 3.8) is 0 Å². The molecule has 1 fully saturated rings. The van der Waals surface area contributed by atoms with Crippen LogP contribution in [-0.4, -0.2) is 25.9 Å². The third-order valence-corrected chi connectivity index (χ3v) is 8.43. The Bertz CT molecular complexity index is 1160. The van der Waals surface area contributed by atoms with E-state index in [-0.39, 0.29) is 16.2 Å². The lowest BCUT2D eigenvalue weighted by Gasteiger charge is -2.28. The molecule has 0 saturated heterocycles. The summed E-state index contributed by atoms with van der Waals surface area (Å²) in [5.74, 6) is 0.447. The van der Waals surface area contributed by atoms with Gasteiger partial charge in [0.2, 0.25) is 15.9 Å². The fraction of sp³-hybridized carbons (Fsp3) is 0.593. The maximum absolute atomic E-state index is 12.7. The molecule has 1 aliphatic carbocycles. The molecule has 1 amide bonds. The maximum atomic E-state index is 12.7. The topological polar surface area (TPSA) is 94.2 Å². The Kier molecular flexibility index (Phi) is 7.40. The molecule has 2 aromatic rings. The van der Waals surface area contributed by atoms with E-state index >= 15 is 0 Å². The van der Waals surface area contributed by atoms with Gasteiger partial charge in [0.25, 0.3) is 0 Å². The number of carbonyl (C=O) groups is 1. The summed E-state index contributed by atoms with van der Waals surface area (Å²) < 4.78 is 27.0. The first-order valence-corrected chi connectivity index (χ1v) is 13.8. The van der Waals surface area contributed by atoms with Crippen LogP contribution < -0.4 is 10.5 Å². The first-order valence-electron chi connectivity index (χ1n) is 12.3. The molecule has 0 atom stereocenters. The second kappa shape index (κ2) is 9.50. The van der Waals surface area contributed by atoms with Gasteiger partial charge in [-0.05, 0) is 79.8 Å². The van der Waals surface area contributed by atoms with Crippen molar-refractivity contribution in [2.24, 2.45) is 11.1 Å². The van der Waals surface area contributed by atoms with Gasteiger partial charge >= 0.3 is 0 Å². The minimum Gasteiger partial charge on any atom is -0.358 e. The van der Waals surface area contributed by atoms with Crippen LogP contribution >= 0.6 is 0 Å². The van der Waals surface area contributed by atoms with E-state index in [9.17, 15) is 13.2 Å². The van der Waals surface area contributed by atoms with Gasteiger partial charge in [0.1, 0.15) is 4.90 Å². The molecule has 0 spiro atoms. The van der Waals surface area contributed by atoms with Gasteiger partial charge in [-0.3, -0.25) is 4.79 Å². The predicted octanol–water partition coefficient (Wildman–Crippen LogP) is 5.01. The van der Waals surface area contributed by atoms with Crippen molar-refractivity contribution in [1.29, 1.82) is 0 Å². The number of rotatable bonds is 6. The lowest BCUT2D eigenvalue weighted by molar-refractivity contribution is -0.125. The highest BCUT2D eigenvalue weighted by atomic mass is 32.2. The highest BCUT2D eigenvalue weighted by Crippen LogP contribution is 2.37. The van der Waals surface area contributed by atoms with Crippen molar-refractivity contribution < 1.29 is 13.2 Å². The van der Waals surface area contributed by atoms with E-state index in [0.717, 1.165) is 41.8 Å². The van der Waals surface area contributed by atoms with Crippen LogP contribution in [0.25, 0.3) is 11.3 Å². The van der Waals surface area contributed by atoms with Crippen LogP contribution in [0.2, 0.25) is 0 Å². The van der Waals surface area contributed by atoms with Gasteiger partial charge < -0.3 is 9.88 Å². The summed E-state index contributed by atoms with van der Waals surface area (Å²) in [6.07, 6.45) is 6.00. The molecule has 1 heterocycles. The molecule has 0 bridgehead atoms. The van der Waals surface area contributed by atoms with Crippen molar-refractivity contribution in [1.82, 2.24) is 9.88 Å². The summed E-state index contributed by atoms with van der Waals surface area (Å²) in [5.41, 5.74) is 3.52. The standard InChI is InChI=1S/C27H41N3O3S/c1-18-24(34(28,32)33)16-23(30(18)17-19-11-9-8-10-12-19)20-13-21(26(2,3)4)15-22(14-20)27(5,6)25(31)29-7/h13-16,19H,8-12,17H2,1-7H3,(H,29,31)(H2,28,32,33). The summed E-state index contributed by atoms with van der Waals surface area (Å²) in [6, 6.07) is 7.97. The minimum absolute atomic E-state index is 0.0662. The first-order chi connectivity index (χ1) is 15.7. The van der Waals surface area contributed by atoms with Crippen molar-refractivity contribution in [3.8, 4) is 11.3 Å². The molecule has 1 aromatic carbocycles. The molecule has 0 aliphatic heterocycles. The Balaban J connectivity index is 2.26. The zero-order chi connectivity index (χ0) is 25.5. The number of carbonyl (C=O) groups excluding carboxylic acids is 1. The quantitative estimate of drug-likeness (QED) is 0.599. The lowest BCUT2D eigenvalue weighted by atomic mass is 9.77. The fourth-order valence-corrected chi connectivity index (χ4v) is 5.82. The Morgan fingerprint density at radius 3 is 2.15 bits per heavy atom. The Morgan fingerprint density at radius 2 is 1.62 bits per heavy atom. The number of likely N-dealkylation sites (N-methyl/N-ethyl adjacent to an activating group) is 1. The number of aromatic nitrogens is 1. The van der Waals surface area contributed by atoms with E-state index in [2.05, 4.69) is 42.8 Å². The first kappa shape index (κ1) is 26.5. The van der Waals surface area contributed by atoms with Crippen molar-refractivity contribution in [2.75, 3.05) is 7.05 Å². The van der Waals surface area contributed by atoms with Crippen LogP contribution in [-0.2, 0) is 32.2 Å². The molecule has 1 aromatic heterocycles. The Labute approximate surface area is 205 Å². The smallest absolute Gasteiger partial charge is 0.239 e. The number of benzene rings is 1. The van der Waals surface area contributed by atoms with E-state index in [1.54, 1.807) is 13.1 Å². The summed E-state index contributed by atoms with van der Waals surface area (Å²) in [4.78, 5) is 12.9. The Morgan fingerprint density at radius 1 is 1.03 bits per heavy atom. The zero-order valence-electron chi connectivity index (χ0n) is 21.8. The second-order valence-electron chi connectivity index (χ2n) is 11.4. The predicted molar refractivity (Wildman–Crippen MR) is 138 cm³/mol. The normalized spacial score (nSPS) is 16.0. The van der Waals surface area contributed by atoms with Crippen LogP contribution in [0.3, 0.4) is 0 Å². The van der Waals surface area contributed by atoms with Crippen molar-refractivity contribution in [3.05, 3.63) is 41.1 Å². The van der Waals surface area contributed by atoms with E-state index in [0.29, 0.717) is 11.6 Å². The average molecular weight is 488 g/mol. The van der Waals surface area contributed by atoms with Gasteiger partial charge in [-0.15, -0.1) is 0 Å². The number of nitrogens with two attached hydrogens (primary N) is 1. The van der Waals surface area contributed by atoms with Crippen LogP contribution in [0, 0.1) is 12.8 Å². The van der Waals surface area contributed by atoms with Crippen molar-refractivity contribution in [2.45, 2.75) is 95.9 Å². The largest absolute Gasteiger partial charge is 0.358 e. The number of nitrogens with zero attached hydrogens (tertiary/aromatic N) is 1. The Hall–Kier alpha value is -2.12. The molecular formula is C27H41N3O3S. The minimum atomic E-state index is -3.86. The van der Waals surface area contributed by atoms with Gasteiger partial charge in [0, 0.05) is 25.0 Å². The van der Waals surface area contributed by atoms with Crippen LogP contribution in [0.1, 0.15) is 83.5 Å². The second-order valence-corrected chi connectivity index (χ2v) is 12.9. The number of nitrogens with one attached hydrogen (secondary N) is 1. The van der Waals surface area contributed by atoms with E-state index in [1.165, 1.54) is 19.3 Å². The third-order valence-electron chi connectivity index (χ3n) is 7.40. The molecule has 6 nitrogen and oxygen atoms in total. The maximum Gasteiger partial charge on any atom is 0.239 e. The molecular weight excluding hydrogens is 446 g/mol. The summed E-state index contributed by atoms with van der Waals surface area (Å²) in [5, 5.41) is 8.39. The summed E-state index contributed by atoms with van der Waals surface area (Å²) >= 11 is 0. The molecule has 7 heteroatoms. The van der Waals surface area contributed by atoms with Crippen molar-refractivity contribution >= 4 is 15.9 Å². The van der Waals surface area contributed by atoms with Gasteiger partial charge in [-0.1, -0.05) is 46.1 Å². The lowest BCUT2D eigenvalue weighted by Crippen LogP contribution is -2.38. The molecule has 1 aliphatic rings. The molecule has 188 valence electrons. The highest BCUT2D eigenvalue weighted by molar-refractivity contribution is 7.89. The van der Waals surface area contributed by atoms with E-state index in [4.69, 9.17) is 5.14 Å². The number of amides is 1. The van der Waals surface area contributed by atoms with Gasteiger partial charge in [-0.25, -0.2) is 13.6 Å². The van der Waals surface area contributed by atoms with Gasteiger partial charge in [-0.2, -0.15) is 0 Å². The van der Waals surface area contributed by atoms with Crippen LogP contribution in [0.4, 0.5) is 0 Å². The van der Waals surface area contributed by atoms with Gasteiger partial charge in [0.05, 0.1) is 5.41 Å².